The van der Waals surface area contributed by atoms with Crippen LogP contribution < -0.4 is 5.32 Å². The number of nitrogens with one attached hydrogen (secondary N) is 1. The average molecular weight is 191 g/mol. The van der Waals surface area contributed by atoms with Crippen LogP contribution in [0.3, 0.4) is 0 Å². The van der Waals surface area contributed by atoms with E-state index in [4.69, 9.17) is 4.74 Å². The molecule has 0 spiro atoms. The fourth-order valence-electron chi connectivity index (χ4n) is 1.86. The van der Waals surface area contributed by atoms with Gasteiger partial charge in [-0.05, 0) is 31.9 Å². The first kappa shape index (κ1) is 9.53. The lowest BCUT2D eigenvalue weighted by Crippen LogP contribution is -2.26. The van der Waals surface area contributed by atoms with Crippen LogP contribution in [0.2, 0.25) is 0 Å². The minimum atomic E-state index is 0.328. The molecule has 0 saturated carbocycles. The summed E-state index contributed by atoms with van der Waals surface area (Å²) in [6.45, 7) is 5.14. The molecule has 76 valence electrons. The maximum atomic E-state index is 5.51. The summed E-state index contributed by atoms with van der Waals surface area (Å²) >= 11 is 0. The largest absolute Gasteiger partial charge is 0.379 e. The van der Waals surface area contributed by atoms with Gasteiger partial charge in [-0.1, -0.05) is 18.2 Å². The summed E-state index contributed by atoms with van der Waals surface area (Å²) in [7, 11) is 0. The minimum Gasteiger partial charge on any atom is -0.379 e. The quantitative estimate of drug-likeness (QED) is 0.775. The van der Waals surface area contributed by atoms with Crippen molar-refractivity contribution in [3.63, 3.8) is 0 Å². The Morgan fingerprint density at radius 3 is 2.79 bits per heavy atom. The van der Waals surface area contributed by atoms with Crippen LogP contribution in [0.4, 0.5) is 5.69 Å². The predicted octanol–water partition coefficient (Wildman–Crippen LogP) is 2.58. The normalized spacial score (nSPS) is 26.4. The molecule has 0 unspecified atom stereocenters. The molecule has 0 aromatic heterocycles. The molecular weight excluding hydrogens is 174 g/mol. The molecule has 2 nitrogen and oxygen atoms in total. The van der Waals surface area contributed by atoms with E-state index in [-0.39, 0.29) is 0 Å². The molecule has 1 aromatic rings. The van der Waals surface area contributed by atoms with Gasteiger partial charge in [0, 0.05) is 12.3 Å². The van der Waals surface area contributed by atoms with E-state index in [1.54, 1.807) is 0 Å². The zero-order valence-electron chi connectivity index (χ0n) is 8.79. The van der Waals surface area contributed by atoms with E-state index in [2.05, 4.69) is 43.4 Å². The van der Waals surface area contributed by atoms with Crippen molar-refractivity contribution < 1.29 is 4.74 Å². The Morgan fingerprint density at radius 2 is 2.14 bits per heavy atom. The lowest BCUT2D eigenvalue weighted by molar-refractivity contribution is 0.121. The Balaban J connectivity index is 2.07. The molecule has 1 aromatic carbocycles. The van der Waals surface area contributed by atoms with Crippen LogP contribution >= 0.6 is 0 Å². The monoisotopic (exact) mass is 191 g/mol. The summed E-state index contributed by atoms with van der Waals surface area (Å²) in [5, 5.41) is 3.53. The predicted molar refractivity (Wildman–Crippen MR) is 58.6 cm³/mol. The Kier molecular flexibility index (Phi) is 2.73. The number of anilines is 1. The summed E-state index contributed by atoms with van der Waals surface area (Å²) in [4.78, 5) is 0. The standard InChI is InChI=1S/C12H17NO/c1-9-5-3-4-6-11(9)13-12-7-8-14-10(12)2/h3-6,10,12-13H,7-8H2,1-2H3/t10-,12-/m0/s1. The maximum Gasteiger partial charge on any atom is 0.0748 e. The number of benzene rings is 1. The number of rotatable bonds is 2. The minimum absolute atomic E-state index is 0.328. The molecule has 1 saturated heterocycles. The van der Waals surface area contributed by atoms with Crippen LogP contribution in [0.5, 0.6) is 0 Å². The highest BCUT2D eigenvalue weighted by Crippen LogP contribution is 2.21. The Hall–Kier alpha value is -1.02. The van der Waals surface area contributed by atoms with Crippen LogP contribution in [0.25, 0.3) is 0 Å². The van der Waals surface area contributed by atoms with Gasteiger partial charge in [-0.25, -0.2) is 0 Å². The van der Waals surface area contributed by atoms with Crippen molar-refractivity contribution in [2.45, 2.75) is 32.4 Å². The average Bonchev–Trinajstić information content (AvgIpc) is 2.56. The van der Waals surface area contributed by atoms with E-state index in [1.807, 2.05) is 0 Å². The first-order valence-corrected chi connectivity index (χ1v) is 5.21. The van der Waals surface area contributed by atoms with Crippen molar-refractivity contribution in [3.8, 4) is 0 Å². The molecule has 0 bridgehead atoms. The van der Waals surface area contributed by atoms with Crippen molar-refractivity contribution in [1.82, 2.24) is 0 Å². The summed E-state index contributed by atoms with van der Waals surface area (Å²) in [5.74, 6) is 0. The third-order valence-electron chi connectivity index (χ3n) is 2.86. The second-order valence-electron chi connectivity index (χ2n) is 3.93. The van der Waals surface area contributed by atoms with E-state index < -0.39 is 0 Å². The molecule has 0 aliphatic carbocycles. The molecule has 1 heterocycles. The number of ether oxygens (including phenoxy) is 1. The van der Waals surface area contributed by atoms with Gasteiger partial charge in [-0.15, -0.1) is 0 Å². The smallest absolute Gasteiger partial charge is 0.0748 e. The van der Waals surface area contributed by atoms with Crippen LogP contribution in [-0.4, -0.2) is 18.8 Å². The topological polar surface area (TPSA) is 21.3 Å². The summed E-state index contributed by atoms with van der Waals surface area (Å²) < 4.78 is 5.51. The van der Waals surface area contributed by atoms with Gasteiger partial charge in [-0.2, -0.15) is 0 Å². The number of para-hydroxylation sites is 1. The van der Waals surface area contributed by atoms with Crippen LogP contribution in [0.15, 0.2) is 24.3 Å². The van der Waals surface area contributed by atoms with E-state index in [9.17, 15) is 0 Å². The molecule has 2 rings (SSSR count). The third-order valence-corrected chi connectivity index (χ3v) is 2.86. The van der Waals surface area contributed by atoms with E-state index in [0.717, 1.165) is 13.0 Å². The summed E-state index contributed by atoms with van der Waals surface area (Å²) in [6.07, 6.45) is 1.43. The van der Waals surface area contributed by atoms with Crippen molar-refractivity contribution in [2.24, 2.45) is 0 Å². The highest BCUT2D eigenvalue weighted by molar-refractivity contribution is 5.51. The Bertz CT molecular complexity index is 311. The number of hydrogen-bond acceptors (Lipinski definition) is 2. The SMILES string of the molecule is Cc1ccccc1N[C@H]1CCO[C@H]1C. The van der Waals surface area contributed by atoms with Crippen molar-refractivity contribution in [2.75, 3.05) is 11.9 Å². The molecule has 2 atom stereocenters. The number of hydrogen-bond donors (Lipinski definition) is 1. The van der Waals surface area contributed by atoms with Gasteiger partial charge in [0.25, 0.3) is 0 Å². The van der Waals surface area contributed by atoms with Crippen LogP contribution in [0.1, 0.15) is 18.9 Å². The Morgan fingerprint density at radius 1 is 1.36 bits per heavy atom. The van der Waals surface area contributed by atoms with E-state index >= 15 is 0 Å². The first-order chi connectivity index (χ1) is 6.77. The van der Waals surface area contributed by atoms with Gasteiger partial charge >= 0.3 is 0 Å². The molecule has 1 fully saturated rings. The van der Waals surface area contributed by atoms with Gasteiger partial charge in [0.2, 0.25) is 0 Å². The van der Waals surface area contributed by atoms with Gasteiger partial charge < -0.3 is 10.1 Å². The molecule has 0 radical (unpaired) electrons. The van der Waals surface area contributed by atoms with E-state index in [0.29, 0.717) is 12.1 Å². The van der Waals surface area contributed by atoms with Gasteiger partial charge in [-0.3, -0.25) is 0 Å². The molecule has 1 aliphatic heterocycles. The zero-order valence-corrected chi connectivity index (χ0v) is 8.79. The van der Waals surface area contributed by atoms with Crippen LogP contribution in [0, 0.1) is 6.92 Å². The maximum absolute atomic E-state index is 5.51. The molecular formula is C12H17NO. The fraction of sp³-hybridized carbons (Fsp3) is 0.500. The van der Waals surface area contributed by atoms with Crippen LogP contribution in [-0.2, 0) is 4.74 Å². The fourth-order valence-corrected chi connectivity index (χ4v) is 1.86. The molecule has 2 heteroatoms. The second-order valence-corrected chi connectivity index (χ2v) is 3.93. The third kappa shape index (κ3) is 1.90. The first-order valence-electron chi connectivity index (χ1n) is 5.21. The molecule has 1 N–H and O–H groups in total. The van der Waals surface area contributed by atoms with Crippen molar-refractivity contribution >= 4 is 5.69 Å². The van der Waals surface area contributed by atoms with Gasteiger partial charge in [0.1, 0.15) is 0 Å². The van der Waals surface area contributed by atoms with Gasteiger partial charge in [0.15, 0.2) is 0 Å². The lowest BCUT2D eigenvalue weighted by atomic mass is 10.1. The van der Waals surface area contributed by atoms with Gasteiger partial charge in [0.05, 0.1) is 12.1 Å². The lowest BCUT2D eigenvalue weighted by Gasteiger charge is -2.18. The summed E-state index contributed by atoms with van der Waals surface area (Å²) in [6, 6.07) is 8.85. The highest BCUT2D eigenvalue weighted by atomic mass is 16.5. The molecule has 1 aliphatic rings. The summed E-state index contributed by atoms with van der Waals surface area (Å²) in [5.41, 5.74) is 2.53. The highest BCUT2D eigenvalue weighted by Gasteiger charge is 2.23. The zero-order chi connectivity index (χ0) is 9.97. The molecule has 14 heavy (non-hydrogen) atoms. The van der Waals surface area contributed by atoms with E-state index in [1.165, 1.54) is 11.3 Å². The van der Waals surface area contributed by atoms with Crippen molar-refractivity contribution in [1.29, 1.82) is 0 Å². The Labute approximate surface area is 85.3 Å². The van der Waals surface area contributed by atoms with Crippen molar-refractivity contribution in [3.05, 3.63) is 29.8 Å². The molecule has 0 amide bonds. The second kappa shape index (κ2) is 4.01. The number of aryl methyl sites for hydroxylation is 1.